The number of sulfonamides is 1. The molecule has 3 aromatic carbocycles. The Balaban J connectivity index is 1.72. The van der Waals surface area contributed by atoms with E-state index in [1.54, 1.807) is 30.3 Å². The number of nitrogens with zero attached hydrogens (tertiary/aromatic N) is 2. The SMILES string of the molecule is CC(C)c1ccc(N(CC(=O)N(Cc2ccccc2F)C(Cc2ccccc2)C(=O)NC2CCCC2)S(C)(=O)=O)cc1. The molecule has 0 aliphatic heterocycles. The Morgan fingerprint density at radius 1 is 0.929 bits per heavy atom. The molecule has 42 heavy (non-hydrogen) atoms. The molecule has 1 saturated carbocycles. The molecule has 0 heterocycles. The first-order valence-corrected chi connectivity index (χ1v) is 16.3. The van der Waals surface area contributed by atoms with Gasteiger partial charge >= 0.3 is 0 Å². The Morgan fingerprint density at radius 3 is 2.14 bits per heavy atom. The van der Waals surface area contributed by atoms with Crippen LogP contribution in [0.1, 0.15) is 62.1 Å². The maximum atomic E-state index is 14.9. The molecule has 1 fully saturated rings. The zero-order valence-corrected chi connectivity index (χ0v) is 25.3. The summed E-state index contributed by atoms with van der Waals surface area (Å²) in [5.41, 5.74) is 2.45. The number of nitrogens with one attached hydrogen (secondary N) is 1. The average Bonchev–Trinajstić information content (AvgIpc) is 3.47. The summed E-state index contributed by atoms with van der Waals surface area (Å²) < 4.78 is 41.9. The lowest BCUT2D eigenvalue weighted by molar-refractivity contribution is -0.140. The first kappa shape index (κ1) is 31.2. The minimum atomic E-state index is -3.87. The van der Waals surface area contributed by atoms with Gasteiger partial charge in [0.15, 0.2) is 0 Å². The first-order valence-electron chi connectivity index (χ1n) is 14.5. The molecule has 3 aromatic rings. The van der Waals surface area contributed by atoms with Gasteiger partial charge in [0.1, 0.15) is 18.4 Å². The molecule has 1 unspecified atom stereocenters. The van der Waals surface area contributed by atoms with Crippen molar-refractivity contribution in [2.45, 2.75) is 70.5 Å². The molecule has 0 radical (unpaired) electrons. The van der Waals surface area contributed by atoms with Crippen LogP contribution in [0.5, 0.6) is 0 Å². The molecule has 1 atom stereocenters. The Kier molecular flexibility index (Phi) is 10.4. The number of benzene rings is 3. The number of anilines is 1. The number of rotatable bonds is 12. The fraction of sp³-hybridized carbons (Fsp3) is 0.394. The van der Waals surface area contributed by atoms with Gasteiger partial charge in [0.05, 0.1) is 11.9 Å². The molecule has 1 aliphatic carbocycles. The second-order valence-electron chi connectivity index (χ2n) is 11.3. The number of amides is 2. The fourth-order valence-corrected chi connectivity index (χ4v) is 6.22. The zero-order chi connectivity index (χ0) is 30.3. The quantitative estimate of drug-likeness (QED) is 0.304. The van der Waals surface area contributed by atoms with Crippen LogP contribution < -0.4 is 9.62 Å². The second kappa shape index (κ2) is 14.0. The summed E-state index contributed by atoms with van der Waals surface area (Å²) in [7, 11) is -3.87. The van der Waals surface area contributed by atoms with Crippen molar-refractivity contribution in [2.24, 2.45) is 0 Å². The molecule has 4 rings (SSSR count). The van der Waals surface area contributed by atoms with E-state index in [4.69, 9.17) is 0 Å². The lowest BCUT2D eigenvalue weighted by Gasteiger charge is -2.34. The Morgan fingerprint density at radius 2 is 1.55 bits per heavy atom. The third-order valence-corrected chi connectivity index (χ3v) is 8.94. The van der Waals surface area contributed by atoms with Crippen molar-refractivity contribution in [2.75, 3.05) is 17.1 Å². The number of hydrogen-bond donors (Lipinski definition) is 1. The Hall–Kier alpha value is -3.72. The van der Waals surface area contributed by atoms with Crippen LogP contribution in [0.2, 0.25) is 0 Å². The standard InChI is InChI=1S/C33H40FN3O4S/c1-24(2)26-17-19-29(20-18-26)37(42(3,40)41)23-32(38)36(22-27-13-7-10-16-30(27)34)31(21-25-11-5-4-6-12-25)33(39)35-28-14-8-9-15-28/h4-7,10-13,16-20,24,28,31H,8-9,14-15,21-23H2,1-3H3,(H,35,39). The zero-order valence-electron chi connectivity index (χ0n) is 24.5. The van der Waals surface area contributed by atoms with E-state index in [0.717, 1.165) is 47.4 Å². The minimum absolute atomic E-state index is 0.00757. The lowest BCUT2D eigenvalue weighted by Crippen LogP contribution is -2.54. The third kappa shape index (κ3) is 8.18. The predicted molar refractivity (Wildman–Crippen MR) is 164 cm³/mol. The van der Waals surface area contributed by atoms with Gasteiger partial charge in [-0.05, 0) is 48.1 Å². The second-order valence-corrected chi connectivity index (χ2v) is 13.2. The molecule has 0 saturated heterocycles. The predicted octanol–water partition coefficient (Wildman–Crippen LogP) is 5.41. The van der Waals surface area contributed by atoms with Crippen molar-refractivity contribution in [1.29, 1.82) is 0 Å². The highest BCUT2D eigenvalue weighted by atomic mass is 32.2. The van der Waals surface area contributed by atoms with Crippen molar-refractivity contribution in [3.05, 3.63) is 101 Å². The molecule has 1 aliphatic rings. The van der Waals surface area contributed by atoms with E-state index in [-0.39, 0.29) is 36.4 Å². The average molecular weight is 594 g/mol. The van der Waals surface area contributed by atoms with Gasteiger partial charge in [0, 0.05) is 24.6 Å². The summed E-state index contributed by atoms with van der Waals surface area (Å²) in [6, 6.07) is 21.5. The smallest absolute Gasteiger partial charge is 0.244 e. The van der Waals surface area contributed by atoms with Crippen LogP contribution in [0.25, 0.3) is 0 Å². The molecule has 2 amide bonds. The minimum Gasteiger partial charge on any atom is -0.352 e. The van der Waals surface area contributed by atoms with Gasteiger partial charge in [0.2, 0.25) is 21.8 Å². The molecule has 0 bridgehead atoms. The van der Waals surface area contributed by atoms with E-state index in [0.29, 0.717) is 5.69 Å². The van der Waals surface area contributed by atoms with E-state index in [1.165, 1.54) is 11.0 Å². The maximum Gasteiger partial charge on any atom is 0.244 e. The largest absolute Gasteiger partial charge is 0.352 e. The molecule has 224 valence electrons. The van der Waals surface area contributed by atoms with Crippen molar-refractivity contribution < 1.29 is 22.4 Å². The summed E-state index contributed by atoms with van der Waals surface area (Å²) in [6.07, 6.45) is 5.00. The van der Waals surface area contributed by atoms with Crippen LogP contribution in [0.15, 0.2) is 78.9 Å². The highest BCUT2D eigenvalue weighted by molar-refractivity contribution is 7.92. The molecule has 0 aromatic heterocycles. The molecule has 0 spiro atoms. The normalized spacial score (nSPS) is 14.5. The summed E-state index contributed by atoms with van der Waals surface area (Å²) >= 11 is 0. The van der Waals surface area contributed by atoms with Crippen LogP contribution in [-0.4, -0.2) is 50.0 Å². The van der Waals surface area contributed by atoms with Gasteiger partial charge in [0.25, 0.3) is 0 Å². The van der Waals surface area contributed by atoms with Crippen LogP contribution in [0.3, 0.4) is 0 Å². The Labute approximate surface area is 248 Å². The van der Waals surface area contributed by atoms with E-state index < -0.39 is 34.3 Å². The van der Waals surface area contributed by atoms with Gasteiger partial charge in [-0.3, -0.25) is 13.9 Å². The molecule has 7 nitrogen and oxygen atoms in total. The number of carbonyl (C=O) groups excluding carboxylic acids is 2. The lowest BCUT2D eigenvalue weighted by atomic mass is 10.0. The van der Waals surface area contributed by atoms with Gasteiger partial charge < -0.3 is 10.2 Å². The number of carbonyl (C=O) groups is 2. The summed E-state index contributed by atoms with van der Waals surface area (Å²) in [5, 5.41) is 3.11. The third-order valence-electron chi connectivity index (χ3n) is 7.80. The van der Waals surface area contributed by atoms with Crippen molar-refractivity contribution in [3.8, 4) is 0 Å². The van der Waals surface area contributed by atoms with Gasteiger partial charge in [-0.2, -0.15) is 0 Å². The van der Waals surface area contributed by atoms with Crippen molar-refractivity contribution >= 4 is 27.5 Å². The van der Waals surface area contributed by atoms with Crippen LogP contribution in [-0.2, 0) is 32.6 Å². The van der Waals surface area contributed by atoms with Gasteiger partial charge in [-0.25, -0.2) is 12.8 Å². The molecule has 1 N–H and O–H groups in total. The maximum absolute atomic E-state index is 14.9. The first-order chi connectivity index (χ1) is 20.0. The van der Waals surface area contributed by atoms with Crippen LogP contribution in [0, 0.1) is 5.82 Å². The number of hydrogen-bond acceptors (Lipinski definition) is 4. The topological polar surface area (TPSA) is 86.8 Å². The Bertz CT molecular complexity index is 1460. The van der Waals surface area contributed by atoms with E-state index in [9.17, 15) is 22.4 Å². The monoisotopic (exact) mass is 593 g/mol. The van der Waals surface area contributed by atoms with Crippen molar-refractivity contribution in [3.63, 3.8) is 0 Å². The van der Waals surface area contributed by atoms with E-state index >= 15 is 0 Å². The highest BCUT2D eigenvalue weighted by Crippen LogP contribution is 2.24. The van der Waals surface area contributed by atoms with Gasteiger partial charge in [-0.1, -0.05) is 87.4 Å². The van der Waals surface area contributed by atoms with E-state index in [1.807, 2.05) is 56.3 Å². The highest BCUT2D eigenvalue weighted by Gasteiger charge is 2.34. The van der Waals surface area contributed by atoms with Crippen LogP contribution in [0.4, 0.5) is 10.1 Å². The van der Waals surface area contributed by atoms with E-state index in [2.05, 4.69) is 5.32 Å². The van der Waals surface area contributed by atoms with Crippen molar-refractivity contribution in [1.82, 2.24) is 10.2 Å². The molecular formula is C33H40FN3O4S. The molecule has 9 heteroatoms. The molecular weight excluding hydrogens is 553 g/mol. The number of halogens is 1. The summed E-state index contributed by atoms with van der Waals surface area (Å²) in [4.78, 5) is 29.3. The fourth-order valence-electron chi connectivity index (χ4n) is 5.37. The summed E-state index contributed by atoms with van der Waals surface area (Å²) in [5.74, 6) is -1.18. The van der Waals surface area contributed by atoms with Gasteiger partial charge in [-0.15, -0.1) is 0 Å². The summed E-state index contributed by atoms with van der Waals surface area (Å²) in [6.45, 7) is 3.36. The van der Waals surface area contributed by atoms with Crippen LogP contribution >= 0.6 is 0 Å².